The Morgan fingerprint density at radius 2 is 2.28 bits per heavy atom. The molecule has 0 saturated carbocycles. The van der Waals surface area contributed by atoms with Crippen LogP contribution in [0.15, 0.2) is 6.20 Å². The van der Waals surface area contributed by atoms with Crippen LogP contribution >= 0.6 is 11.3 Å². The monoisotopic (exact) mass is 268 g/mol. The van der Waals surface area contributed by atoms with Crippen molar-refractivity contribution in [2.24, 2.45) is 0 Å². The van der Waals surface area contributed by atoms with E-state index in [1.54, 1.807) is 6.20 Å². The molecular formula is C12H20N4OS. The number of hydrogen-bond donors (Lipinski definition) is 1. The van der Waals surface area contributed by atoms with Gasteiger partial charge >= 0.3 is 0 Å². The third kappa shape index (κ3) is 2.64. The van der Waals surface area contributed by atoms with Gasteiger partial charge in [0.15, 0.2) is 5.13 Å². The van der Waals surface area contributed by atoms with Crippen molar-refractivity contribution in [3.8, 4) is 0 Å². The fourth-order valence-corrected chi connectivity index (χ4v) is 3.12. The van der Waals surface area contributed by atoms with Gasteiger partial charge in [0.05, 0.1) is 6.20 Å². The van der Waals surface area contributed by atoms with Crippen molar-refractivity contribution in [3.63, 3.8) is 0 Å². The highest BCUT2D eigenvalue weighted by Gasteiger charge is 2.29. The molecule has 6 heteroatoms. The second-order valence-electron chi connectivity index (χ2n) is 4.99. The van der Waals surface area contributed by atoms with Gasteiger partial charge in [-0.15, -0.1) is 0 Å². The molecular weight excluding hydrogens is 248 g/mol. The van der Waals surface area contributed by atoms with E-state index < -0.39 is 0 Å². The number of carbonyl (C=O) groups excluding carboxylic acids is 1. The minimum absolute atomic E-state index is 0.0551. The van der Waals surface area contributed by atoms with Gasteiger partial charge in [-0.3, -0.25) is 9.69 Å². The molecule has 2 N–H and O–H groups in total. The highest BCUT2D eigenvalue weighted by Crippen LogP contribution is 2.19. The van der Waals surface area contributed by atoms with E-state index in [0.717, 1.165) is 19.6 Å². The maximum absolute atomic E-state index is 12.3. The molecule has 5 nitrogen and oxygen atoms in total. The summed E-state index contributed by atoms with van der Waals surface area (Å²) in [5.74, 6) is 0.0551. The molecule has 0 aliphatic carbocycles. The summed E-state index contributed by atoms with van der Waals surface area (Å²) in [6.45, 7) is 9.03. The van der Waals surface area contributed by atoms with Gasteiger partial charge < -0.3 is 10.6 Å². The Labute approximate surface area is 112 Å². The first-order valence-corrected chi connectivity index (χ1v) is 7.07. The summed E-state index contributed by atoms with van der Waals surface area (Å²) in [4.78, 5) is 21.1. The molecule has 0 spiro atoms. The van der Waals surface area contributed by atoms with E-state index in [4.69, 9.17) is 5.73 Å². The molecule has 1 aliphatic rings. The largest absolute Gasteiger partial charge is 0.375 e. The van der Waals surface area contributed by atoms with Crippen LogP contribution in [0.2, 0.25) is 0 Å². The normalized spacial score (nSPS) is 21.6. The van der Waals surface area contributed by atoms with Crippen molar-refractivity contribution in [2.75, 3.05) is 25.4 Å². The Balaban J connectivity index is 2.02. The molecule has 2 heterocycles. The highest BCUT2D eigenvalue weighted by atomic mass is 32.1. The van der Waals surface area contributed by atoms with Crippen molar-refractivity contribution >= 4 is 22.4 Å². The van der Waals surface area contributed by atoms with Gasteiger partial charge in [0.2, 0.25) is 0 Å². The molecule has 1 aromatic rings. The van der Waals surface area contributed by atoms with Gasteiger partial charge in [-0.1, -0.05) is 11.3 Å². The zero-order valence-corrected chi connectivity index (χ0v) is 11.9. The standard InChI is InChI=1S/C12H20N4OS/c1-8(2)16-5-4-15(7-9(16)3)11(17)10-6-14-12(13)18-10/h6,8-9H,4-5,7H2,1-3H3,(H2,13,14). The summed E-state index contributed by atoms with van der Waals surface area (Å²) in [6.07, 6.45) is 1.57. The van der Waals surface area contributed by atoms with Gasteiger partial charge in [0.1, 0.15) is 4.88 Å². The van der Waals surface area contributed by atoms with Crippen LogP contribution in [0.5, 0.6) is 0 Å². The van der Waals surface area contributed by atoms with E-state index in [1.165, 1.54) is 11.3 Å². The van der Waals surface area contributed by atoms with Crippen LogP contribution in [-0.2, 0) is 0 Å². The predicted octanol–water partition coefficient (Wildman–Crippen LogP) is 1.28. The summed E-state index contributed by atoms with van der Waals surface area (Å²) in [6, 6.07) is 0.921. The SMILES string of the molecule is CC(C)N1CCN(C(=O)c2cnc(N)s2)CC1C. The molecule has 1 amide bonds. The molecule has 1 saturated heterocycles. The van der Waals surface area contributed by atoms with Crippen molar-refractivity contribution in [1.82, 2.24) is 14.8 Å². The lowest BCUT2D eigenvalue weighted by atomic mass is 10.1. The van der Waals surface area contributed by atoms with Gasteiger partial charge in [0.25, 0.3) is 5.91 Å². The minimum atomic E-state index is 0.0551. The number of aromatic nitrogens is 1. The van der Waals surface area contributed by atoms with Crippen LogP contribution in [-0.4, -0.2) is 52.4 Å². The van der Waals surface area contributed by atoms with E-state index in [2.05, 4.69) is 30.7 Å². The van der Waals surface area contributed by atoms with Gasteiger partial charge in [-0.2, -0.15) is 0 Å². The number of nitrogens with two attached hydrogens (primary N) is 1. The fraction of sp³-hybridized carbons (Fsp3) is 0.667. The Morgan fingerprint density at radius 3 is 2.78 bits per heavy atom. The van der Waals surface area contributed by atoms with Crippen LogP contribution in [0.1, 0.15) is 30.4 Å². The summed E-state index contributed by atoms with van der Waals surface area (Å²) < 4.78 is 0. The number of nitrogens with zero attached hydrogens (tertiary/aromatic N) is 3. The third-order valence-corrected chi connectivity index (χ3v) is 4.18. The van der Waals surface area contributed by atoms with E-state index in [0.29, 0.717) is 22.1 Å². The van der Waals surface area contributed by atoms with Crippen LogP contribution < -0.4 is 5.73 Å². The van der Waals surface area contributed by atoms with E-state index in [1.807, 2.05) is 4.90 Å². The van der Waals surface area contributed by atoms with E-state index >= 15 is 0 Å². The molecule has 1 unspecified atom stereocenters. The third-order valence-electron chi connectivity index (χ3n) is 3.36. The number of thiazole rings is 1. The molecule has 2 rings (SSSR count). The first-order valence-electron chi connectivity index (χ1n) is 6.25. The van der Waals surface area contributed by atoms with Crippen molar-refractivity contribution in [2.45, 2.75) is 32.9 Å². The number of carbonyl (C=O) groups is 1. The predicted molar refractivity (Wildman–Crippen MR) is 73.7 cm³/mol. The molecule has 0 bridgehead atoms. The number of amides is 1. The number of nitrogen functional groups attached to an aromatic ring is 1. The zero-order valence-electron chi connectivity index (χ0n) is 11.1. The zero-order chi connectivity index (χ0) is 13.3. The second kappa shape index (κ2) is 5.24. The summed E-state index contributed by atoms with van der Waals surface area (Å²) in [5, 5.41) is 0.451. The number of hydrogen-bond acceptors (Lipinski definition) is 5. The smallest absolute Gasteiger partial charge is 0.265 e. The minimum Gasteiger partial charge on any atom is -0.375 e. The molecule has 1 aliphatic heterocycles. The molecule has 1 atom stereocenters. The van der Waals surface area contributed by atoms with Crippen LogP contribution in [0.4, 0.5) is 5.13 Å². The van der Waals surface area contributed by atoms with Gasteiger partial charge in [0, 0.05) is 31.7 Å². The van der Waals surface area contributed by atoms with Crippen LogP contribution in [0, 0.1) is 0 Å². The van der Waals surface area contributed by atoms with E-state index in [-0.39, 0.29) is 5.91 Å². The number of anilines is 1. The van der Waals surface area contributed by atoms with Crippen molar-refractivity contribution < 1.29 is 4.79 Å². The van der Waals surface area contributed by atoms with Crippen molar-refractivity contribution in [1.29, 1.82) is 0 Å². The molecule has 1 aromatic heterocycles. The van der Waals surface area contributed by atoms with Crippen LogP contribution in [0.3, 0.4) is 0 Å². The van der Waals surface area contributed by atoms with Gasteiger partial charge in [-0.25, -0.2) is 4.98 Å². The summed E-state index contributed by atoms with van der Waals surface area (Å²) >= 11 is 1.26. The molecule has 0 radical (unpaired) electrons. The quantitative estimate of drug-likeness (QED) is 0.877. The summed E-state index contributed by atoms with van der Waals surface area (Å²) in [7, 11) is 0. The molecule has 1 fully saturated rings. The maximum atomic E-state index is 12.3. The molecule has 100 valence electrons. The lowest BCUT2D eigenvalue weighted by Crippen LogP contribution is -2.55. The molecule has 18 heavy (non-hydrogen) atoms. The number of piperazine rings is 1. The molecule has 0 aromatic carbocycles. The lowest BCUT2D eigenvalue weighted by molar-refractivity contribution is 0.0430. The second-order valence-corrected chi connectivity index (χ2v) is 6.06. The first kappa shape index (κ1) is 13.3. The first-order chi connectivity index (χ1) is 8.49. The van der Waals surface area contributed by atoms with Crippen molar-refractivity contribution in [3.05, 3.63) is 11.1 Å². The Bertz CT molecular complexity index is 431. The van der Waals surface area contributed by atoms with E-state index in [9.17, 15) is 4.79 Å². The summed E-state index contributed by atoms with van der Waals surface area (Å²) in [5.41, 5.74) is 5.56. The topological polar surface area (TPSA) is 62.5 Å². The average molecular weight is 268 g/mol. The number of rotatable bonds is 2. The van der Waals surface area contributed by atoms with Crippen LogP contribution in [0.25, 0.3) is 0 Å². The lowest BCUT2D eigenvalue weighted by Gasteiger charge is -2.41. The average Bonchev–Trinajstić information content (AvgIpc) is 2.74. The Hall–Kier alpha value is -1.14. The Kier molecular flexibility index (Phi) is 3.87. The maximum Gasteiger partial charge on any atom is 0.265 e. The highest BCUT2D eigenvalue weighted by molar-refractivity contribution is 7.17. The fourth-order valence-electron chi connectivity index (χ4n) is 2.47. The van der Waals surface area contributed by atoms with Gasteiger partial charge in [-0.05, 0) is 20.8 Å². The Morgan fingerprint density at radius 1 is 1.56 bits per heavy atom.